The van der Waals surface area contributed by atoms with Crippen molar-refractivity contribution in [1.29, 1.82) is 0 Å². The van der Waals surface area contributed by atoms with Gasteiger partial charge in [-0.2, -0.15) is 0 Å². The van der Waals surface area contributed by atoms with Crippen LogP contribution in [0.4, 0.5) is 11.4 Å². The van der Waals surface area contributed by atoms with Crippen LogP contribution in [0.15, 0.2) is 41.4 Å². The van der Waals surface area contributed by atoms with Gasteiger partial charge in [0.25, 0.3) is 0 Å². The Morgan fingerprint density at radius 3 is 2.80 bits per heavy atom. The van der Waals surface area contributed by atoms with Crippen LogP contribution < -0.4 is 15.4 Å². The fourth-order valence-electron chi connectivity index (χ4n) is 4.49. The Morgan fingerprint density at radius 1 is 1.18 bits per heavy atom. The lowest BCUT2D eigenvalue weighted by Crippen LogP contribution is -2.25. The summed E-state index contributed by atoms with van der Waals surface area (Å²) in [7, 11) is 5.64. The Bertz CT molecular complexity index is 1080. The number of aliphatic imine (C=N–C) groups is 1. The lowest BCUT2D eigenvalue weighted by molar-refractivity contribution is -0.121. The summed E-state index contributed by atoms with van der Waals surface area (Å²) in [6.07, 6.45) is 8.30. The van der Waals surface area contributed by atoms with Crippen molar-refractivity contribution in [1.82, 2.24) is 10.2 Å². The number of nitrogens with zero attached hydrogens (tertiary/aromatic N) is 2. The summed E-state index contributed by atoms with van der Waals surface area (Å²) < 4.78 is 5.46. The summed E-state index contributed by atoms with van der Waals surface area (Å²) in [5.74, 6) is 2.26. The van der Waals surface area contributed by atoms with Crippen molar-refractivity contribution in [3.8, 4) is 17.2 Å². The molecule has 4 N–H and O–H groups in total. The number of para-hydroxylation sites is 1. The van der Waals surface area contributed by atoms with Crippen LogP contribution in [0.2, 0.25) is 0 Å². The highest BCUT2D eigenvalue weighted by Gasteiger charge is 2.16. The van der Waals surface area contributed by atoms with Gasteiger partial charge in [-0.25, -0.2) is 0 Å². The highest BCUT2D eigenvalue weighted by Crippen LogP contribution is 2.40. The fourth-order valence-corrected chi connectivity index (χ4v) is 7.51. The van der Waals surface area contributed by atoms with E-state index in [9.17, 15) is 15.0 Å². The molecular formula is C30H44N4O4S2. The predicted molar refractivity (Wildman–Crippen MR) is 170 cm³/mol. The SMILES string of the molecule is CCN(CCC=Nc1cc(O)c(NCCCNC(=O)CCCCC2CCSS2)cc1O)Cc1ccccc1OC. The molecule has 10 heteroatoms. The molecule has 3 rings (SSSR count). The van der Waals surface area contributed by atoms with Crippen LogP contribution in [0.5, 0.6) is 17.2 Å². The van der Waals surface area contributed by atoms with Gasteiger partial charge >= 0.3 is 0 Å². The molecule has 0 saturated carbocycles. The van der Waals surface area contributed by atoms with Crippen LogP contribution in [0, 0.1) is 0 Å². The first-order valence-corrected chi connectivity index (χ1v) is 16.6. The molecule has 0 aliphatic carbocycles. The number of ether oxygens (including phenoxy) is 1. The summed E-state index contributed by atoms with van der Waals surface area (Å²) in [6, 6.07) is 11.0. The Balaban J connectivity index is 1.33. The van der Waals surface area contributed by atoms with Gasteiger partial charge in [-0.15, -0.1) is 0 Å². The van der Waals surface area contributed by atoms with E-state index in [1.165, 1.54) is 30.7 Å². The maximum absolute atomic E-state index is 12.0. The molecule has 1 aliphatic rings. The van der Waals surface area contributed by atoms with E-state index in [1.807, 2.05) is 39.8 Å². The van der Waals surface area contributed by atoms with Gasteiger partial charge in [0.05, 0.1) is 12.8 Å². The van der Waals surface area contributed by atoms with Gasteiger partial charge in [-0.1, -0.05) is 53.1 Å². The zero-order valence-corrected chi connectivity index (χ0v) is 25.4. The summed E-state index contributed by atoms with van der Waals surface area (Å²) >= 11 is 0. The zero-order chi connectivity index (χ0) is 28.6. The number of amides is 1. The van der Waals surface area contributed by atoms with Gasteiger partial charge in [0.15, 0.2) is 0 Å². The molecule has 1 amide bonds. The van der Waals surface area contributed by atoms with E-state index in [0.717, 1.165) is 49.0 Å². The maximum Gasteiger partial charge on any atom is 0.219 e. The summed E-state index contributed by atoms with van der Waals surface area (Å²) in [6.45, 7) is 5.73. The number of rotatable bonds is 18. The van der Waals surface area contributed by atoms with Crippen LogP contribution in [0.3, 0.4) is 0 Å². The molecule has 1 heterocycles. The van der Waals surface area contributed by atoms with E-state index in [-0.39, 0.29) is 17.4 Å². The maximum atomic E-state index is 12.0. The number of methoxy groups -OCH3 is 1. The lowest BCUT2D eigenvalue weighted by atomic mass is 10.1. The Hall–Kier alpha value is -2.56. The molecule has 2 aromatic rings. The van der Waals surface area contributed by atoms with Gasteiger partial charge in [0.2, 0.25) is 5.91 Å². The highest BCUT2D eigenvalue weighted by atomic mass is 33.1. The molecule has 2 aromatic carbocycles. The molecule has 0 aromatic heterocycles. The lowest BCUT2D eigenvalue weighted by Gasteiger charge is -2.20. The zero-order valence-electron chi connectivity index (χ0n) is 23.7. The van der Waals surface area contributed by atoms with Crippen molar-refractivity contribution in [2.45, 2.75) is 63.7 Å². The second-order valence-corrected chi connectivity index (χ2v) is 12.6. The van der Waals surface area contributed by atoms with Gasteiger partial charge in [-0.05, 0) is 44.7 Å². The number of carbonyl (C=O) groups excluding carboxylic acids is 1. The minimum Gasteiger partial charge on any atom is -0.506 e. The fraction of sp³-hybridized carbons (Fsp3) is 0.533. The monoisotopic (exact) mass is 588 g/mol. The first kappa shape index (κ1) is 32.0. The largest absolute Gasteiger partial charge is 0.506 e. The minimum absolute atomic E-state index is 0.000759. The summed E-state index contributed by atoms with van der Waals surface area (Å²) in [4.78, 5) is 18.7. The normalized spacial score (nSPS) is 15.1. The van der Waals surface area contributed by atoms with Gasteiger partial charge in [-0.3, -0.25) is 14.7 Å². The van der Waals surface area contributed by atoms with Crippen molar-refractivity contribution >= 4 is 45.1 Å². The molecule has 1 aliphatic heterocycles. The van der Waals surface area contributed by atoms with Gasteiger partial charge in [0.1, 0.15) is 22.9 Å². The molecular weight excluding hydrogens is 544 g/mol. The standard InChI is InChI=1S/C30H44N4O4S2/c1-3-34(22-23-10-4-6-12-29(23)38-2)18-9-17-32-26-21-27(35)25(20-28(26)36)31-15-8-16-33-30(37)13-7-5-11-24-14-19-39-40-24/h4,6,10,12,17,20-21,24,31,35-36H,3,5,7-9,11,13-16,18-19,22H2,1-2H3,(H,33,37). The van der Waals surface area contributed by atoms with Crippen molar-refractivity contribution in [2.75, 3.05) is 44.4 Å². The van der Waals surface area contributed by atoms with E-state index < -0.39 is 0 Å². The second-order valence-electron chi connectivity index (χ2n) is 9.84. The molecule has 1 fully saturated rings. The molecule has 1 unspecified atom stereocenters. The third-order valence-electron chi connectivity index (χ3n) is 6.83. The molecule has 8 nitrogen and oxygen atoms in total. The molecule has 1 saturated heterocycles. The number of aromatic hydroxyl groups is 2. The third kappa shape index (κ3) is 11.1. The number of carbonyl (C=O) groups is 1. The Kier molecular flexibility index (Phi) is 14.4. The number of phenolic OH excluding ortho intramolecular Hbond substituents is 2. The number of benzene rings is 2. The van der Waals surface area contributed by atoms with Crippen LogP contribution in [-0.2, 0) is 11.3 Å². The molecule has 40 heavy (non-hydrogen) atoms. The first-order chi connectivity index (χ1) is 19.5. The number of anilines is 1. The van der Waals surface area contributed by atoms with Gasteiger partial charge in [0, 0.05) is 67.5 Å². The summed E-state index contributed by atoms with van der Waals surface area (Å²) in [5.41, 5.74) is 1.91. The van der Waals surface area contributed by atoms with E-state index >= 15 is 0 Å². The average Bonchev–Trinajstić information content (AvgIpc) is 3.48. The molecule has 1 atom stereocenters. The molecule has 0 radical (unpaired) electrons. The number of phenols is 2. The number of nitrogens with one attached hydrogen (secondary N) is 2. The smallest absolute Gasteiger partial charge is 0.219 e. The van der Waals surface area contributed by atoms with Crippen LogP contribution in [0.1, 0.15) is 57.4 Å². The summed E-state index contributed by atoms with van der Waals surface area (Å²) in [5, 5.41) is 27.7. The van der Waals surface area contributed by atoms with Crippen LogP contribution in [0.25, 0.3) is 0 Å². The first-order valence-electron chi connectivity index (χ1n) is 14.2. The van der Waals surface area contributed by atoms with Crippen LogP contribution in [-0.4, -0.2) is 71.5 Å². The average molecular weight is 589 g/mol. The number of unbranched alkanes of at least 4 members (excludes halogenated alkanes) is 1. The van der Waals surface area contributed by atoms with Crippen molar-refractivity contribution in [3.63, 3.8) is 0 Å². The van der Waals surface area contributed by atoms with E-state index in [4.69, 9.17) is 4.74 Å². The van der Waals surface area contributed by atoms with Crippen molar-refractivity contribution < 1.29 is 19.7 Å². The second kappa shape index (κ2) is 18.0. The van der Waals surface area contributed by atoms with Gasteiger partial charge < -0.3 is 25.6 Å². The molecule has 220 valence electrons. The van der Waals surface area contributed by atoms with Crippen molar-refractivity contribution in [2.24, 2.45) is 4.99 Å². The topological polar surface area (TPSA) is 106 Å². The van der Waals surface area contributed by atoms with E-state index in [0.29, 0.717) is 43.7 Å². The quantitative estimate of drug-likeness (QED) is 0.0525. The number of hydrogen-bond acceptors (Lipinski definition) is 9. The third-order valence-corrected chi connectivity index (χ3v) is 9.84. The molecule has 0 spiro atoms. The van der Waals surface area contributed by atoms with E-state index in [2.05, 4.69) is 33.5 Å². The minimum atomic E-state index is 0.000759. The highest BCUT2D eigenvalue weighted by molar-refractivity contribution is 8.77. The Labute approximate surface area is 246 Å². The van der Waals surface area contributed by atoms with E-state index in [1.54, 1.807) is 13.3 Å². The van der Waals surface area contributed by atoms with Crippen molar-refractivity contribution in [3.05, 3.63) is 42.0 Å². The Morgan fingerprint density at radius 2 is 2.02 bits per heavy atom. The molecule has 0 bridgehead atoms. The predicted octanol–water partition coefficient (Wildman–Crippen LogP) is 6.35. The number of hydrogen-bond donors (Lipinski definition) is 4. The van der Waals surface area contributed by atoms with Crippen LogP contribution >= 0.6 is 21.6 Å².